The molecule has 14 heteroatoms. The Hall–Kier alpha value is -5.67. The van der Waals surface area contributed by atoms with E-state index >= 15 is 0 Å². The summed E-state index contributed by atoms with van der Waals surface area (Å²) in [7, 11) is 0. The lowest BCUT2D eigenvalue weighted by Crippen LogP contribution is -2.44. The zero-order valence-electron chi connectivity index (χ0n) is 31.8. The van der Waals surface area contributed by atoms with Crippen LogP contribution in [0.1, 0.15) is 105 Å². The van der Waals surface area contributed by atoms with Gasteiger partial charge < -0.3 is 56.3 Å². The van der Waals surface area contributed by atoms with Gasteiger partial charge in [-0.3, -0.25) is 0 Å². The topological polar surface area (TPSA) is 252 Å². The van der Waals surface area contributed by atoms with Gasteiger partial charge >= 0.3 is 17.9 Å². The Balaban J connectivity index is 0.000000162. The molecule has 1 unspecified atom stereocenters. The fourth-order valence-electron chi connectivity index (χ4n) is 10.3. The highest BCUT2D eigenvalue weighted by Gasteiger charge is 2.58. The van der Waals surface area contributed by atoms with Crippen LogP contribution in [0.5, 0.6) is 28.7 Å². The van der Waals surface area contributed by atoms with E-state index in [0.29, 0.717) is 59.6 Å². The second-order valence-corrected chi connectivity index (χ2v) is 16.3. The highest BCUT2D eigenvalue weighted by atomic mass is 16.6. The van der Waals surface area contributed by atoms with Crippen molar-refractivity contribution in [1.29, 1.82) is 0 Å². The molecule has 3 aliphatic carbocycles. The summed E-state index contributed by atoms with van der Waals surface area (Å²) in [6.45, 7) is 2.18. The van der Waals surface area contributed by atoms with Gasteiger partial charge in [-0.25, -0.2) is 14.4 Å². The Morgan fingerprint density at radius 1 is 0.931 bits per heavy atom. The fourth-order valence-corrected chi connectivity index (χ4v) is 10.3. The number of fused-ring (bicyclic) bond motifs is 11. The summed E-state index contributed by atoms with van der Waals surface area (Å²) in [6, 6.07) is 16.9. The fraction of sp³-hybridized carbons (Fsp3) is 0.386. The highest BCUT2D eigenvalue weighted by Crippen LogP contribution is 2.61. The molecule has 4 aromatic carbocycles. The summed E-state index contributed by atoms with van der Waals surface area (Å²) in [6.07, 6.45) is 3.70. The molecule has 10 N–H and O–H groups in total. The van der Waals surface area contributed by atoms with E-state index in [4.69, 9.17) is 30.8 Å². The number of benzene rings is 4. The standard InChI is InChI=1S/C23H34N2O5.C21H12O7/c1-23-6-4-13-14(17(23)10-19(26)22(23)29)3-2-12-8-20(30-11-21(27)28)16(9-15(12)13)18(25)5-7-24;22-11-2-5-15-17(8-11)27-18-9-12(23)3-6-16(18)21(15)14-4-1-10(19(24)25)7-13(14)20(26)28-21/h8-9,13-14,17-19,22,26,29H,2-7,10-11,24-25H2,1H3,(H,27,28);1-9,22-23H,(H,24,25)/t13-,14+,17-,18?,19+,22-,23-;/m0./s1. The number of aliphatic carboxylic acids is 1. The van der Waals surface area contributed by atoms with Crippen molar-refractivity contribution in [2.24, 2.45) is 28.7 Å². The smallest absolute Gasteiger partial charge is 0.341 e. The third-order valence-electron chi connectivity index (χ3n) is 13.1. The number of aromatic hydroxyl groups is 2. The van der Waals surface area contributed by atoms with E-state index in [1.807, 2.05) is 6.07 Å². The molecule has 2 aliphatic heterocycles. The van der Waals surface area contributed by atoms with Crippen LogP contribution in [-0.2, 0) is 21.6 Å². The summed E-state index contributed by atoms with van der Waals surface area (Å²) in [5.41, 5.74) is 15.3. The minimum Gasteiger partial charge on any atom is -0.508 e. The summed E-state index contributed by atoms with van der Waals surface area (Å²) >= 11 is 0. The zero-order valence-corrected chi connectivity index (χ0v) is 31.8. The monoisotopic (exact) mass is 794 g/mol. The van der Waals surface area contributed by atoms with Crippen molar-refractivity contribution < 1.29 is 59.2 Å². The predicted octanol–water partition coefficient (Wildman–Crippen LogP) is 5.05. The number of carboxylic acids is 2. The molecule has 0 saturated heterocycles. The summed E-state index contributed by atoms with van der Waals surface area (Å²) in [5, 5.41) is 59.0. The molecule has 0 radical (unpaired) electrons. The number of hydrogen-bond donors (Lipinski definition) is 8. The van der Waals surface area contributed by atoms with Crippen LogP contribution in [0.25, 0.3) is 0 Å². The Morgan fingerprint density at radius 2 is 1.60 bits per heavy atom. The summed E-state index contributed by atoms with van der Waals surface area (Å²) in [4.78, 5) is 35.1. The normalized spacial score (nSPS) is 25.9. The molecule has 2 heterocycles. The SMILES string of the molecule is C[C@]12CC[C@@H]3c4cc(C(N)CCN)c(OCC(=O)O)cc4CC[C@H]3[C@@H]1C[C@@H](O)[C@@H]2O.O=C(O)c1ccc2c(c1)C(=O)OC21c2ccc(O)cc2Oc2cc(O)ccc21. The van der Waals surface area contributed by atoms with E-state index in [1.165, 1.54) is 47.5 Å². The molecule has 0 aromatic heterocycles. The molecular formula is C44H46N2O12. The van der Waals surface area contributed by atoms with Gasteiger partial charge in [0.2, 0.25) is 0 Å². The van der Waals surface area contributed by atoms with E-state index in [0.717, 1.165) is 31.2 Å². The van der Waals surface area contributed by atoms with Gasteiger partial charge in [0.25, 0.3) is 0 Å². The van der Waals surface area contributed by atoms with Gasteiger partial charge in [-0.1, -0.05) is 13.0 Å². The Labute approximate surface area is 333 Å². The molecule has 0 bridgehead atoms. The summed E-state index contributed by atoms with van der Waals surface area (Å²) in [5.74, 6) is -0.752. The number of nitrogens with two attached hydrogens (primary N) is 2. The average Bonchev–Trinajstić information content (AvgIpc) is 3.61. The second-order valence-electron chi connectivity index (χ2n) is 16.3. The number of carbonyl (C=O) groups is 3. The van der Waals surface area contributed by atoms with Crippen molar-refractivity contribution in [2.45, 2.75) is 75.2 Å². The lowest BCUT2D eigenvalue weighted by Gasteiger charge is -2.50. The number of phenols is 2. The van der Waals surface area contributed by atoms with Crippen molar-refractivity contribution in [1.82, 2.24) is 0 Å². The minimum absolute atomic E-state index is 0.0309. The van der Waals surface area contributed by atoms with Crippen molar-refractivity contribution >= 4 is 17.9 Å². The number of hydrogen-bond acceptors (Lipinski definition) is 12. The van der Waals surface area contributed by atoms with Gasteiger partial charge in [0, 0.05) is 40.4 Å². The van der Waals surface area contributed by atoms with Crippen LogP contribution >= 0.6 is 0 Å². The molecule has 5 aliphatic rings. The Kier molecular flexibility index (Phi) is 9.87. The first-order valence-corrected chi connectivity index (χ1v) is 19.4. The quantitative estimate of drug-likeness (QED) is 0.114. The van der Waals surface area contributed by atoms with Crippen LogP contribution in [0.15, 0.2) is 66.7 Å². The van der Waals surface area contributed by atoms with Crippen LogP contribution in [0.3, 0.4) is 0 Å². The second kappa shape index (κ2) is 14.6. The number of aliphatic hydroxyl groups is 2. The summed E-state index contributed by atoms with van der Waals surface area (Å²) < 4.78 is 17.3. The van der Waals surface area contributed by atoms with Gasteiger partial charge in [0.15, 0.2) is 12.2 Å². The van der Waals surface area contributed by atoms with Crippen LogP contribution in [-0.4, -0.2) is 73.9 Å². The predicted molar refractivity (Wildman–Crippen MR) is 207 cm³/mol. The first-order valence-electron chi connectivity index (χ1n) is 19.4. The van der Waals surface area contributed by atoms with Gasteiger partial charge in [0.1, 0.15) is 28.7 Å². The van der Waals surface area contributed by atoms with E-state index in [2.05, 4.69) is 13.0 Å². The van der Waals surface area contributed by atoms with E-state index < -0.39 is 42.3 Å². The third kappa shape index (κ3) is 6.31. The number of esters is 1. The number of aliphatic hydroxyl groups excluding tert-OH is 2. The number of aryl methyl sites for hydroxylation is 1. The number of carbonyl (C=O) groups excluding carboxylic acids is 1. The lowest BCUT2D eigenvalue weighted by atomic mass is 9.55. The van der Waals surface area contributed by atoms with Crippen molar-refractivity contribution in [3.8, 4) is 28.7 Å². The van der Waals surface area contributed by atoms with Crippen LogP contribution in [0.4, 0.5) is 0 Å². The first-order chi connectivity index (χ1) is 27.7. The average molecular weight is 795 g/mol. The largest absolute Gasteiger partial charge is 0.508 e. The van der Waals surface area contributed by atoms with Gasteiger partial charge in [0.05, 0.1) is 23.3 Å². The van der Waals surface area contributed by atoms with Crippen molar-refractivity contribution in [3.05, 3.63) is 111 Å². The van der Waals surface area contributed by atoms with E-state index in [1.54, 1.807) is 18.2 Å². The van der Waals surface area contributed by atoms with Gasteiger partial charge in [-0.15, -0.1) is 0 Å². The van der Waals surface area contributed by atoms with Gasteiger partial charge in [-0.2, -0.15) is 0 Å². The number of phenolic OH excluding ortho intramolecular Hbond substituents is 2. The van der Waals surface area contributed by atoms with Crippen LogP contribution < -0.4 is 20.9 Å². The van der Waals surface area contributed by atoms with Gasteiger partial charge in [-0.05, 0) is 128 Å². The molecule has 7 atom stereocenters. The van der Waals surface area contributed by atoms with E-state index in [9.17, 15) is 39.9 Å². The number of ether oxygens (including phenoxy) is 3. The zero-order chi connectivity index (χ0) is 41.3. The molecule has 304 valence electrons. The van der Waals surface area contributed by atoms with Crippen LogP contribution in [0.2, 0.25) is 0 Å². The molecule has 14 nitrogen and oxygen atoms in total. The number of aromatic carboxylic acids is 1. The first kappa shape index (κ1) is 39.2. The number of carboxylic acid groups (broad SMARTS) is 2. The molecule has 58 heavy (non-hydrogen) atoms. The minimum atomic E-state index is -1.38. The highest BCUT2D eigenvalue weighted by molar-refractivity contribution is 6.00. The maximum absolute atomic E-state index is 12.7. The number of rotatable bonds is 7. The molecule has 4 aromatic rings. The molecule has 1 spiro atoms. The lowest BCUT2D eigenvalue weighted by molar-refractivity contribution is -0.139. The Morgan fingerprint density at radius 3 is 2.24 bits per heavy atom. The van der Waals surface area contributed by atoms with Crippen molar-refractivity contribution in [2.75, 3.05) is 13.2 Å². The molecule has 0 amide bonds. The third-order valence-corrected chi connectivity index (χ3v) is 13.1. The maximum Gasteiger partial charge on any atom is 0.341 e. The maximum atomic E-state index is 12.7. The molecular weight excluding hydrogens is 748 g/mol. The molecule has 2 fully saturated rings. The molecule has 2 saturated carbocycles. The van der Waals surface area contributed by atoms with Crippen molar-refractivity contribution in [3.63, 3.8) is 0 Å². The van der Waals surface area contributed by atoms with Crippen LogP contribution in [0, 0.1) is 17.3 Å². The molecule has 9 rings (SSSR count). The van der Waals surface area contributed by atoms with E-state index in [-0.39, 0.29) is 45.6 Å². The Bertz CT molecular complexity index is 2280.